The Kier molecular flexibility index (Phi) is 3.22. The molecule has 2 heteroatoms. The van der Waals surface area contributed by atoms with Gasteiger partial charge in [-0.3, -0.25) is 4.79 Å². The molecule has 0 spiro atoms. The smallest absolute Gasteiger partial charge is 0.156 e. The number of ketones is 1. The quantitative estimate of drug-likeness (QED) is 0.750. The van der Waals surface area contributed by atoms with Crippen LogP contribution in [0.1, 0.15) is 51.9 Å². The van der Waals surface area contributed by atoms with Gasteiger partial charge in [-0.15, -0.1) is 6.42 Å². The molecular formula is C21H24O2. The average molecular weight is 308 g/mol. The first-order valence-electron chi connectivity index (χ1n) is 8.91. The molecule has 0 bridgehead atoms. The van der Waals surface area contributed by atoms with E-state index in [0.717, 1.165) is 32.1 Å². The summed E-state index contributed by atoms with van der Waals surface area (Å²) in [6.07, 6.45) is 18.2. The first kappa shape index (κ1) is 15.0. The van der Waals surface area contributed by atoms with Crippen LogP contribution in [0, 0.1) is 29.6 Å². The maximum Gasteiger partial charge on any atom is 0.156 e. The standard InChI is InChI=1S/C21H24O2/c1-3-20-11-9-17-16-8-6-15(22)13-14(16)5-7-18(17)19(20)10-12-21(20,23)4-2/h2,9,11,13,18-19,23H,3,5-8,10,12H2,1H3/t18-,19+,20+,21+/m1/s1. The van der Waals surface area contributed by atoms with E-state index in [2.05, 4.69) is 25.0 Å². The summed E-state index contributed by atoms with van der Waals surface area (Å²) in [4.78, 5) is 11.7. The van der Waals surface area contributed by atoms with E-state index in [-0.39, 0.29) is 11.2 Å². The molecule has 1 saturated carbocycles. The van der Waals surface area contributed by atoms with E-state index < -0.39 is 5.60 Å². The summed E-state index contributed by atoms with van der Waals surface area (Å²) in [5.41, 5.74) is 2.80. The number of rotatable bonds is 1. The van der Waals surface area contributed by atoms with Crippen LogP contribution in [0.25, 0.3) is 0 Å². The van der Waals surface area contributed by atoms with Gasteiger partial charge in [-0.2, -0.15) is 0 Å². The van der Waals surface area contributed by atoms with E-state index in [1.54, 1.807) is 0 Å². The normalized spacial score (nSPS) is 41.8. The van der Waals surface area contributed by atoms with Gasteiger partial charge in [0.25, 0.3) is 0 Å². The number of hydrogen-bond donors (Lipinski definition) is 1. The highest BCUT2D eigenvalue weighted by Crippen LogP contribution is 2.62. The molecule has 120 valence electrons. The summed E-state index contributed by atoms with van der Waals surface area (Å²) in [5, 5.41) is 11.0. The van der Waals surface area contributed by atoms with Crippen molar-refractivity contribution in [2.45, 2.75) is 57.5 Å². The highest BCUT2D eigenvalue weighted by atomic mass is 16.3. The molecule has 23 heavy (non-hydrogen) atoms. The number of aliphatic hydroxyl groups is 1. The van der Waals surface area contributed by atoms with Crippen molar-refractivity contribution in [1.29, 1.82) is 0 Å². The average Bonchev–Trinajstić information content (AvgIpc) is 2.88. The van der Waals surface area contributed by atoms with Crippen LogP contribution in [0.5, 0.6) is 0 Å². The summed E-state index contributed by atoms with van der Waals surface area (Å²) in [7, 11) is 0. The van der Waals surface area contributed by atoms with Crippen LogP contribution in [0.3, 0.4) is 0 Å². The highest BCUT2D eigenvalue weighted by Gasteiger charge is 2.60. The minimum absolute atomic E-state index is 0.271. The first-order chi connectivity index (χ1) is 11.0. The predicted octanol–water partition coefficient (Wildman–Crippen LogP) is 3.72. The molecule has 2 nitrogen and oxygen atoms in total. The molecule has 1 fully saturated rings. The van der Waals surface area contributed by atoms with Crippen LogP contribution in [0.15, 0.2) is 34.9 Å². The molecule has 0 aromatic heterocycles. The van der Waals surface area contributed by atoms with E-state index in [0.29, 0.717) is 24.7 Å². The lowest BCUT2D eigenvalue weighted by Gasteiger charge is -2.48. The van der Waals surface area contributed by atoms with Gasteiger partial charge < -0.3 is 5.11 Å². The largest absolute Gasteiger partial charge is 0.377 e. The number of fused-ring (bicyclic) bond motifs is 4. The Bertz CT molecular complexity index is 702. The molecule has 0 aromatic carbocycles. The van der Waals surface area contributed by atoms with Gasteiger partial charge in [0.1, 0.15) is 5.60 Å². The summed E-state index contributed by atoms with van der Waals surface area (Å²) in [6, 6.07) is 0. The van der Waals surface area contributed by atoms with Gasteiger partial charge in [0, 0.05) is 11.8 Å². The van der Waals surface area contributed by atoms with Gasteiger partial charge in [-0.05, 0) is 73.2 Å². The van der Waals surface area contributed by atoms with Gasteiger partial charge in [0.05, 0.1) is 0 Å². The molecule has 0 saturated heterocycles. The zero-order chi connectivity index (χ0) is 16.2. The van der Waals surface area contributed by atoms with Gasteiger partial charge in [-0.1, -0.05) is 25.0 Å². The van der Waals surface area contributed by atoms with Gasteiger partial charge in [0.15, 0.2) is 5.78 Å². The second-order valence-corrected chi connectivity index (χ2v) is 7.59. The lowest BCUT2D eigenvalue weighted by atomic mass is 9.56. The summed E-state index contributed by atoms with van der Waals surface area (Å²) in [5.74, 6) is 3.91. The number of carbonyl (C=O) groups is 1. The number of hydrogen-bond acceptors (Lipinski definition) is 2. The van der Waals surface area contributed by atoms with Gasteiger partial charge in [-0.25, -0.2) is 0 Å². The second-order valence-electron chi connectivity index (χ2n) is 7.59. The molecule has 4 rings (SSSR count). The Morgan fingerprint density at radius 2 is 2.17 bits per heavy atom. The van der Waals surface area contributed by atoms with E-state index in [9.17, 15) is 9.90 Å². The molecule has 4 aliphatic carbocycles. The minimum atomic E-state index is -1.00. The predicted molar refractivity (Wildman–Crippen MR) is 90.4 cm³/mol. The Labute approximate surface area is 138 Å². The van der Waals surface area contributed by atoms with Crippen LogP contribution in [0.4, 0.5) is 0 Å². The van der Waals surface area contributed by atoms with Crippen molar-refractivity contribution < 1.29 is 9.90 Å². The number of carbonyl (C=O) groups excluding carboxylic acids is 1. The Morgan fingerprint density at radius 1 is 1.35 bits per heavy atom. The third kappa shape index (κ3) is 1.83. The number of allylic oxidation sites excluding steroid dienone is 5. The van der Waals surface area contributed by atoms with Crippen molar-refractivity contribution in [3.63, 3.8) is 0 Å². The fraction of sp³-hybridized carbons (Fsp3) is 0.571. The molecule has 0 aliphatic heterocycles. The number of terminal acetylenes is 1. The molecule has 0 radical (unpaired) electrons. The van der Waals surface area contributed by atoms with Crippen molar-refractivity contribution in [3.05, 3.63) is 34.9 Å². The summed E-state index contributed by atoms with van der Waals surface area (Å²) < 4.78 is 0. The van der Waals surface area contributed by atoms with Crippen molar-refractivity contribution in [3.8, 4) is 12.3 Å². The van der Waals surface area contributed by atoms with Crippen molar-refractivity contribution in [2.24, 2.45) is 17.3 Å². The topological polar surface area (TPSA) is 37.3 Å². The van der Waals surface area contributed by atoms with Gasteiger partial charge in [0.2, 0.25) is 0 Å². The minimum Gasteiger partial charge on any atom is -0.377 e. The third-order valence-corrected chi connectivity index (χ3v) is 6.94. The SMILES string of the molecule is C#C[C@]1(O)CC[C@H]2[C@@H]3CCC4=CC(=O)CCC4=C3C=C[C@@]21CC. The third-order valence-electron chi connectivity index (χ3n) is 6.94. The summed E-state index contributed by atoms with van der Waals surface area (Å²) >= 11 is 0. The van der Waals surface area contributed by atoms with E-state index in [1.165, 1.54) is 16.7 Å². The van der Waals surface area contributed by atoms with Crippen LogP contribution in [-0.2, 0) is 4.79 Å². The molecule has 1 N–H and O–H groups in total. The fourth-order valence-electron chi connectivity index (χ4n) is 5.75. The lowest BCUT2D eigenvalue weighted by molar-refractivity contribution is -0.114. The van der Waals surface area contributed by atoms with E-state index >= 15 is 0 Å². The lowest BCUT2D eigenvalue weighted by Crippen LogP contribution is -2.48. The zero-order valence-electron chi connectivity index (χ0n) is 13.8. The Balaban J connectivity index is 1.85. The first-order valence-corrected chi connectivity index (χ1v) is 8.91. The van der Waals surface area contributed by atoms with Crippen molar-refractivity contribution in [2.75, 3.05) is 0 Å². The van der Waals surface area contributed by atoms with Crippen molar-refractivity contribution >= 4 is 5.78 Å². The summed E-state index contributed by atoms with van der Waals surface area (Å²) in [6.45, 7) is 2.15. The maximum absolute atomic E-state index is 11.7. The van der Waals surface area contributed by atoms with Gasteiger partial charge >= 0.3 is 0 Å². The molecule has 0 amide bonds. The molecule has 0 unspecified atom stereocenters. The highest BCUT2D eigenvalue weighted by molar-refractivity contribution is 5.93. The Morgan fingerprint density at radius 3 is 2.91 bits per heavy atom. The zero-order valence-corrected chi connectivity index (χ0v) is 13.8. The molecule has 0 heterocycles. The Hall–Kier alpha value is -1.59. The van der Waals surface area contributed by atoms with Crippen LogP contribution in [0.2, 0.25) is 0 Å². The fourth-order valence-corrected chi connectivity index (χ4v) is 5.75. The van der Waals surface area contributed by atoms with E-state index in [4.69, 9.17) is 6.42 Å². The van der Waals surface area contributed by atoms with E-state index in [1.807, 2.05) is 6.08 Å². The van der Waals surface area contributed by atoms with Crippen LogP contribution in [-0.4, -0.2) is 16.5 Å². The molecule has 0 aromatic rings. The molecular weight excluding hydrogens is 284 g/mol. The monoisotopic (exact) mass is 308 g/mol. The second kappa shape index (κ2) is 4.95. The van der Waals surface area contributed by atoms with Crippen LogP contribution < -0.4 is 0 Å². The van der Waals surface area contributed by atoms with Crippen molar-refractivity contribution in [1.82, 2.24) is 0 Å². The molecule has 4 aliphatic rings. The maximum atomic E-state index is 11.7. The molecule has 4 atom stereocenters. The van der Waals surface area contributed by atoms with Crippen LogP contribution >= 0.6 is 0 Å².